The third-order valence-electron chi connectivity index (χ3n) is 3.22. The summed E-state index contributed by atoms with van der Waals surface area (Å²) in [5.41, 5.74) is 3.93. The van der Waals surface area contributed by atoms with Crippen LogP contribution >= 0.6 is 0 Å². The van der Waals surface area contributed by atoms with E-state index < -0.39 is 0 Å². The highest BCUT2D eigenvalue weighted by molar-refractivity contribution is 5.33. The third kappa shape index (κ3) is 6.04. The fourth-order valence-corrected chi connectivity index (χ4v) is 2.18. The SMILES string of the molecule is CCNC(COCCOC(C)C)c1cc(C)ccc1C. The molecule has 0 aromatic heterocycles. The number of aryl methyl sites for hydroxylation is 2. The summed E-state index contributed by atoms with van der Waals surface area (Å²) in [7, 11) is 0. The van der Waals surface area contributed by atoms with Crippen molar-refractivity contribution in [3.8, 4) is 0 Å². The zero-order valence-electron chi connectivity index (χ0n) is 13.5. The lowest BCUT2D eigenvalue weighted by molar-refractivity contribution is 0.0138. The number of ether oxygens (including phenoxy) is 2. The largest absolute Gasteiger partial charge is 0.377 e. The quantitative estimate of drug-likeness (QED) is 0.703. The summed E-state index contributed by atoms with van der Waals surface area (Å²) in [5, 5.41) is 3.50. The molecule has 0 radical (unpaired) electrons. The molecule has 0 saturated carbocycles. The molecule has 0 heterocycles. The highest BCUT2D eigenvalue weighted by Gasteiger charge is 2.13. The predicted octanol–water partition coefficient (Wildman–Crippen LogP) is 3.40. The van der Waals surface area contributed by atoms with Gasteiger partial charge in [-0.05, 0) is 45.4 Å². The van der Waals surface area contributed by atoms with Crippen LogP contribution in [0.25, 0.3) is 0 Å². The van der Waals surface area contributed by atoms with Gasteiger partial charge < -0.3 is 14.8 Å². The van der Waals surface area contributed by atoms with Crippen molar-refractivity contribution in [2.24, 2.45) is 0 Å². The van der Waals surface area contributed by atoms with Gasteiger partial charge in [0.1, 0.15) is 0 Å². The van der Waals surface area contributed by atoms with Crippen molar-refractivity contribution in [1.29, 1.82) is 0 Å². The van der Waals surface area contributed by atoms with E-state index in [9.17, 15) is 0 Å². The molecule has 0 amide bonds. The van der Waals surface area contributed by atoms with Crippen LogP contribution in [-0.2, 0) is 9.47 Å². The summed E-state index contributed by atoms with van der Waals surface area (Å²) in [6.45, 7) is 13.4. The molecule has 0 fully saturated rings. The smallest absolute Gasteiger partial charge is 0.0703 e. The van der Waals surface area contributed by atoms with Gasteiger partial charge in [-0.3, -0.25) is 0 Å². The zero-order valence-corrected chi connectivity index (χ0v) is 13.5. The normalized spacial score (nSPS) is 12.9. The second-order valence-corrected chi connectivity index (χ2v) is 5.46. The molecule has 1 aromatic rings. The van der Waals surface area contributed by atoms with Gasteiger partial charge in [0, 0.05) is 0 Å². The molecule has 1 aromatic carbocycles. The van der Waals surface area contributed by atoms with E-state index >= 15 is 0 Å². The van der Waals surface area contributed by atoms with Gasteiger partial charge in [0.15, 0.2) is 0 Å². The maximum atomic E-state index is 5.76. The Morgan fingerprint density at radius 3 is 2.55 bits per heavy atom. The number of rotatable bonds is 9. The summed E-state index contributed by atoms with van der Waals surface area (Å²) in [5.74, 6) is 0. The minimum Gasteiger partial charge on any atom is -0.377 e. The van der Waals surface area contributed by atoms with E-state index in [2.05, 4.69) is 44.3 Å². The average molecular weight is 279 g/mol. The van der Waals surface area contributed by atoms with E-state index in [1.165, 1.54) is 16.7 Å². The van der Waals surface area contributed by atoms with Gasteiger partial charge >= 0.3 is 0 Å². The first-order valence-electron chi connectivity index (χ1n) is 7.54. The van der Waals surface area contributed by atoms with Crippen molar-refractivity contribution < 1.29 is 9.47 Å². The van der Waals surface area contributed by atoms with Crippen LogP contribution in [0.15, 0.2) is 18.2 Å². The summed E-state index contributed by atoms with van der Waals surface area (Å²) >= 11 is 0. The molecule has 0 aliphatic carbocycles. The highest BCUT2D eigenvalue weighted by Crippen LogP contribution is 2.19. The Balaban J connectivity index is 2.53. The lowest BCUT2D eigenvalue weighted by atomic mass is 9.99. The molecule has 0 aliphatic rings. The van der Waals surface area contributed by atoms with E-state index in [-0.39, 0.29) is 12.1 Å². The van der Waals surface area contributed by atoms with Crippen molar-refractivity contribution in [2.45, 2.75) is 46.8 Å². The first-order chi connectivity index (χ1) is 9.54. The monoisotopic (exact) mass is 279 g/mol. The predicted molar refractivity (Wildman–Crippen MR) is 84.2 cm³/mol. The van der Waals surface area contributed by atoms with Crippen LogP contribution in [0.1, 0.15) is 43.5 Å². The second kappa shape index (κ2) is 9.11. The molecular weight excluding hydrogens is 250 g/mol. The van der Waals surface area contributed by atoms with E-state index in [1.54, 1.807) is 0 Å². The molecule has 3 nitrogen and oxygen atoms in total. The zero-order chi connectivity index (χ0) is 15.0. The van der Waals surface area contributed by atoms with Crippen LogP contribution < -0.4 is 5.32 Å². The minimum absolute atomic E-state index is 0.249. The lowest BCUT2D eigenvalue weighted by Crippen LogP contribution is -2.27. The molecule has 0 bridgehead atoms. The van der Waals surface area contributed by atoms with Crippen LogP contribution in [-0.4, -0.2) is 32.5 Å². The molecule has 3 heteroatoms. The number of hydrogen-bond acceptors (Lipinski definition) is 3. The van der Waals surface area contributed by atoms with Crippen LogP contribution in [0.3, 0.4) is 0 Å². The number of likely N-dealkylation sites (N-methyl/N-ethyl adjacent to an activating group) is 1. The summed E-state index contributed by atoms with van der Waals surface area (Å²) in [6.07, 6.45) is 0.266. The van der Waals surface area contributed by atoms with Crippen LogP contribution in [0.2, 0.25) is 0 Å². The summed E-state index contributed by atoms with van der Waals surface area (Å²) < 4.78 is 11.2. The highest BCUT2D eigenvalue weighted by atomic mass is 16.5. The van der Waals surface area contributed by atoms with E-state index in [0.717, 1.165) is 6.54 Å². The first-order valence-corrected chi connectivity index (χ1v) is 7.54. The van der Waals surface area contributed by atoms with Crippen molar-refractivity contribution in [3.63, 3.8) is 0 Å². The van der Waals surface area contributed by atoms with Gasteiger partial charge in [-0.2, -0.15) is 0 Å². The first kappa shape index (κ1) is 17.2. The van der Waals surface area contributed by atoms with Crippen LogP contribution in [0.4, 0.5) is 0 Å². The van der Waals surface area contributed by atoms with Gasteiger partial charge in [-0.15, -0.1) is 0 Å². The topological polar surface area (TPSA) is 30.5 Å². The van der Waals surface area contributed by atoms with Gasteiger partial charge in [0.05, 0.1) is 32.0 Å². The number of hydrogen-bond donors (Lipinski definition) is 1. The molecule has 114 valence electrons. The van der Waals surface area contributed by atoms with Crippen molar-refractivity contribution in [1.82, 2.24) is 5.32 Å². The van der Waals surface area contributed by atoms with E-state index in [1.807, 2.05) is 13.8 Å². The van der Waals surface area contributed by atoms with Crippen LogP contribution in [0.5, 0.6) is 0 Å². The molecule has 1 atom stereocenters. The molecule has 1 unspecified atom stereocenters. The minimum atomic E-state index is 0.249. The maximum absolute atomic E-state index is 5.76. The third-order valence-corrected chi connectivity index (χ3v) is 3.22. The fraction of sp³-hybridized carbons (Fsp3) is 0.647. The standard InChI is InChI=1S/C17H29NO2/c1-6-18-17(12-19-9-10-20-13(2)3)16-11-14(4)7-8-15(16)5/h7-8,11,13,17-18H,6,9-10,12H2,1-5H3. The molecule has 0 saturated heterocycles. The molecular formula is C17H29NO2. The molecule has 0 spiro atoms. The Hall–Kier alpha value is -0.900. The van der Waals surface area contributed by atoms with E-state index in [0.29, 0.717) is 19.8 Å². The van der Waals surface area contributed by atoms with Crippen molar-refractivity contribution in [3.05, 3.63) is 34.9 Å². The Bertz CT molecular complexity index is 391. The lowest BCUT2D eigenvalue weighted by Gasteiger charge is -2.21. The Morgan fingerprint density at radius 2 is 1.90 bits per heavy atom. The molecule has 0 aliphatic heterocycles. The van der Waals surface area contributed by atoms with Gasteiger partial charge in [-0.25, -0.2) is 0 Å². The number of benzene rings is 1. The van der Waals surface area contributed by atoms with Gasteiger partial charge in [0.25, 0.3) is 0 Å². The Morgan fingerprint density at radius 1 is 1.15 bits per heavy atom. The average Bonchev–Trinajstić information content (AvgIpc) is 2.40. The summed E-state index contributed by atoms with van der Waals surface area (Å²) in [4.78, 5) is 0. The van der Waals surface area contributed by atoms with E-state index in [4.69, 9.17) is 9.47 Å². The molecule has 1 rings (SSSR count). The van der Waals surface area contributed by atoms with Gasteiger partial charge in [0.2, 0.25) is 0 Å². The van der Waals surface area contributed by atoms with Crippen molar-refractivity contribution in [2.75, 3.05) is 26.4 Å². The fourth-order valence-electron chi connectivity index (χ4n) is 2.18. The number of nitrogens with one attached hydrogen (secondary N) is 1. The van der Waals surface area contributed by atoms with Gasteiger partial charge in [-0.1, -0.05) is 30.7 Å². The second-order valence-electron chi connectivity index (χ2n) is 5.46. The summed E-state index contributed by atoms with van der Waals surface area (Å²) in [6, 6.07) is 6.83. The Labute approximate surface area is 123 Å². The molecule has 1 N–H and O–H groups in total. The van der Waals surface area contributed by atoms with Crippen LogP contribution in [0, 0.1) is 13.8 Å². The van der Waals surface area contributed by atoms with Crippen molar-refractivity contribution >= 4 is 0 Å². The maximum Gasteiger partial charge on any atom is 0.0703 e. The molecule has 20 heavy (non-hydrogen) atoms. The Kier molecular flexibility index (Phi) is 7.82.